The second-order valence-electron chi connectivity index (χ2n) is 9.38. The molecular weight excluding hydrogens is 483 g/mol. The third-order valence-corrected chi connectivity index (χ3v) is 7.37. The predicted molar refractivity (Wildman–Crippen MR) is 137 cm³/mol. The number of halogens is 2. The lowest BCUT2D eigenvalue weighted by Gasteiger charge is -2.51. The maximum atomic E-state index is 14.2. The monoisotopic (exact) mass is 510 g/mol. The highest BCUT2D eigenvalue weighted by molar-refractivity contribution is 6.30. The molecule has 5 nitrogen and oxygen atoms in total. The van der Waals surface area contributed by atoms with Gasteiger partial charge in [0.25, 0.3) is 0 Å². The van der Waals surface area contributed by atoms with Crippen molar-refractivity contribution in [3.05, 3.63) is 99.8 Å². The van der Waals surface area contributed by atoms with E-state index in [0.29, 0.717) is 22.9 Å². The molecular formula is C28H28Cl2N2O3. The van der Waals surface area contributed by atoms with Crippen molar-refractivity contribution in [2.75, 3.05) is 0 Å². The van der Waals surface area contributed by atoms with Gasteiger partial charge in [-0.3, -0.25) is 14.6 Å². The Morgan fingerprint density at radius 2 is 1.83 bits per heavy atom. The minimum Gasteiger partial charge on any atom is -0.481 e. The summed E-state index contributed by atoms with van der Waals surface area (Å²) in [5.41, 5.74) is 1.57. The molecule has 1 N–H and O–H groups in total. The van der Waals surface area contributed by atoms with Crippen LogP contribution in [0.25, 0.3) is 0 Å². The van der Waals surface area contributed by atoms with Crippen molar-refractivity contribution < 1.29 is 14.7 Å². The van der Waals surface area contributed by atoms with Crippen LogP contribution in [0.15, 0.2) is 72.9 Å². The van der Waals surface area contributed by atoms with E-state index in [2.05, 4.69) is 4.98 Å². The quantitative estimate of drug-likeness (QED) is 0.368. The lowest BCUT2D eigenvalue weighted by molar-refractivity contribution is -0.161. The van der Waals surface area contributed by atoms with E-state index in [1.807, 2.05) is 78.6 Å². The molecule has 182 valence electrons. The Morgan fingerprint density at radius 1 is 1.09 bits per heavy atom. The molecule has 0 aliphatic carbocycles. The molecule has 1 amide bonds. The Morgan fingerprint density at radius 3 is 2.43 bits per heavy atom. The normalized spacial score (nSPS) is 23.2. The van der Waals surface area contributed by atoms with Gasteiger partial charge >= 0.3 is 5.97 Å². The zero-order valence-electron chi connectivity index (χ0n) is 19.7. The maximum absolute atomic E-state index is 14.2. The summed E-state index contributed by atoms with van der Waals surface area (Å²) in [5, 5.41) is 10.9. The number of carbonyl (C=O) groups excluding carboxylic acids is 1. The number of carboxylic acids is 1. The van der Waals surface area contributed by atoms with Gasteiger partial charge in [0.05, 0.1) is 29.6 Å². The van der Waals surface area contributed by atoms with Crippen LogP contribution in [0.5, 0.6) is 0 Å². The summed E-state index contributed by atoms with van der Waals surface area (Å²) in [4.78, 5) is 32.6. The topological polar surface area (TPSA) is 70.5 Å². The molecule has 1 aliphatic heterocycles. The van der Waals surface area contributed by atoms with Gasteiger partial charge in [-0.25, -0.2) is 0 Å². The molecule has 1 fully saturated rings. The molecule has 0 bridgehead atoms. The third-order valence-electron chi connectivity index (χ3n) is 6.88. The standard InChI is InChI=1S/C28H28Cl2N2O3/c1-3-24(23-9-4-5-14-31-23)32-26(18-10-12-20(29)13-11-18)22(19-7-6-8-21(30)15-19)16-28(2,27(32)35)17-25(33)34/h4-15,22,24,26H,3,16-17H2,1-2H3,(H,33,34)/t22-,24-,26-,28-/m1/s1. The SMILES string of the molecule is CC[C@H](c1ccccn1)N1C(=O)[C@@](C)(CC(=O)O)C[C@H](c2cccc(Cl)c2)[C@H]1c1ccc(Cl)cc1. The molecule has 1 aromatic heterocycles. The number of aromatic nitrogens is 1. The van der Waals surface area contributed by atoms with Crippen LogP contribution in [0, 0.1) is 5.41 Å². The molecule has 1 saturated heterocycles. The zero-order chi connectivity index (χ0) is 25.2. The van der Waals surface area contributed by atoms with Crippen LogP contribution in [-0.4, -0.2) is 26.9 Å². The fourth-order valence-corrected chi connectivity index (χ4v) is 5.67. The predicted octanol–water partition coefficient (Wildman–Crippen LogP) is 7.08. The number of rotatable bonds is 7. The van der Waals surface area contributed by atoms with Gasteiger partial charge in [-0.15, -0.1) is 0 Å². The average molecular weight is 511 g/mol. The molecule has 4 atom stereocenters. The highest BCUT2D eigenvalue weighted by Crippen LogP contribution is 2.54. The van der Waals surface area contributed by atoms with Crippen LogP contribution < -0.4 is 0 Å². The minimum atomic E-state index is -1.09. The Bertz CT molecular complexity index is 1200. The van der Waals surface area contributed by atoms with E-state index in [-0.39, 0.29) is 30.3 Å². The molecule has 7 heteroatoms. The number of piperidine rings is 1. The van der Waals surface area contributed by atoms with E-state index >= 15 is 0 Å². The lowest BCUT2D eigenvalue weighted by atomic mass is 9.67. The molecule has 4 rings (SSSR count). The number of carbonyl (C=O) groups is 2. The smallest absolute Gasteiger partial charge is 0.304 e. The van der Waals surface area contributed by atoms with Crippen molar-refractivity contribution >= 4 is 35.1 Å². The van der Waals surface area contributed by atoms with E-state index in [4.69, 9.17) is 23.2 Å². The molecule has 2 heterocycles. The van der Waals surface area contributed by atoms with Crippen molar-refractivity contribution in [2.45, 2.75) is 51.1 Å². The van der Waals surface area contributed by atoms with Crippen molar-refractivity contribution in [2.24, 2.45) is 5.41 Å². The summed E-state index contributed by atoms with van der Waals surface area (Å²) >= 11 is 12.6. The van der Waals surface area contributed by atoms with Crippen molar-refractivity contribution in [1.29, 1.82) is 0 Å². The number of benzene rings is 2. The summed E-state index contributed by atoms with van der Waals surface area (Å²) in [7, 11) is 0. The first-order valence-corrected chi connectivity index (χ1v) is 12.5. The van der Waals surface area contributed by atoms with Gasteiger partial charge in [0, 0.05) is 22.2 Å². The van der Waals surface area contributed by atoms with Gasteiger partial charge in [0.2, 0.25) is 5.91 Å². The average Bonchev–Trinajstić information content (AvgIpc) is 2.83. The van der Waals surface area contributed by atoms with E-state index in [1.165, 1.54) is 0 Å². The van der Waals surface area contributed by atoms with E-state index in [1.54, 1.807) is 13.1 Å². The second kappa shape index (κ2) is 10.4. The van der Waals surface area contributed by atoms with Gasteiger partial charge in [-0.1, -0.05) is 67.4 Å². The van der Waals surface area contributed by atoms with Crippen molar-refractivity contribution in [1.82, 2.24) is 9.88 Å². The number of pyridine rings is 1. The summed E-state index contributed by atoms with van der Waals surface area (Å²) in [5.74, 6) is -1.37. The largest absolute Gasteiger partial charge is 0.481 e. The Hall–Kier alpha value is -2.89. The highest BCUT2D eigenvalue weighted by Gasteiger charge is 2.52. The zero-order valence-corrected chi connectivity index (χ0v) is 21.2. The number of aliphatic carboxylic acids is 1. The van der Waals surface area contributed by atoms with Gasteiger partial charge < -0.3 is 10.0 Å². The first-order valence-electron chi connectivity index (χ1n) is 11.7. The van der Waals surface area contributed by atoms with Crippen LogP contribution in [0.1, 0.15) is 67.9 Å². The van der Waals surface area contributed by atoms with Gasteiger partial charge in [-0.05, 0) is 60.4 Å². The Kier molecular flexibility index (Phi) is 7.48. The molecule has 0 saturated carbocycles. The fraction of sp³-hybridized carbons (Fsp3) is 0.321. The number of hydrogen-bond donors (Lipinski definition) is 1. The van der Waals surface area contributed by atoms with Crippen LogP contribution in [0.2, 0.25) is 10.0 Å². The highest BCUT2D eigenvalue weighted by atomic mass is 35.5. The van der Waals surface area contributed by atoms with Gasteiger partial charge in [0.15, 0.2) is 0 Å². The van der Waals surface area contributed by atoms with Crippen LogP contribution >= 0.6 is 23.2 Å². The van der Waals surface area contributed by atoms with Gasteiger partial charge in [-0.2, -0.15) is 0 Å². The molecule has 2 aromatic carbocycles. The Balaban J connectivity index is 1.95. The second-order valence-corrected chi connectivity index (χ2v) is 10.3. The number of carboxylic acid groups (broad SMARTS) is 1. The minimum absolute atomic E-state index is 0.185. The van der Waals surface area contributed by atoms with Crippen molar-refractivity contribution in [3.63, 3.8) is 0 Å². The summed E-state index contributed by atoms with van der Waals surface area (Å²) < 4.78 is 0. The molecule has 0 unspecified atom stereocenters. The number of nitrogens with zero attached hydrogens (tertiary/aromatic N) is 2. The number of amides is 1. The first-order chi connectivity index (χ1) is 16.7. The molecule has 35 heavy (non-hydrogen) atoms. The number of likely N-dealkylation sites (tertiary alicyclic amines) is 1. The van der Waals surface area contributed by atoms with E-state index < -0.39 is 11.4 Å². The van der Waals surface area contributed by atoms with Gasteiger partial charge in [0.1, 0.15) is 0 Å². The first kappa shape index (κ1) is 25.2. The summed E-state index contributed by atoms with van der Waals surface area (Å²) in [6.45, 7) is 3.78. The molecule has 1 aliphatic rings. The Labute approximate surface area is 215 Å². The third kappa shape index (κ3) is 5.21. The van der Waals surface area contributed by atoms with E-state index in [0.717, 1.165) is 16.8 Å². The van der Waals surface area contributed by atoms with Crippen molar-refractivity contribution in [3.8, 4) is 0 Å². The molecule has 3 aromatic rings. The lowest BCUT2D eigenvalue weighted by Crippen LogP contribution is -2.53. The molecule has 0 spiro atoms. The number of hydrogen-bond acceptors (Lipinski definition) is 3. The van der Waals surface area contributed by atoms with Crippen LogP contribution in [0.3, 0.4) is 0 Å². The summed E-state index contributed by atoms with van der Waals surface area (Å²) in [6.07, 6.45) is 2.46. The maximum Gasteiger partial charge on any atom is 0.304 e. The van der Waals surface area contributed by atoms with Crippen LogP contribution in [0.4, 0.5) is 0 Å². The molecule has 0 radical (unpaired) electrons. The van der Waals surface area contributed by atoms with E-state index in [9.17, 15) is 14.7 Å². The van der Waals surface area contributed by atoms with Crippen LogP contribution in [-0.2, 0) is 9.59 Å². The fourth-order valence-electron chi connectivity index (χ4n) is 5.34. The summed E-state index contributed by atoms with van der Waals surface area (Å²) in [6, 6.07) is 20.1.